The minimum absolute atomic E-state index is 0.194. The van der Waals surface area contributed by atoms with Gasteiger partial charge in [-0.2, -0.15) is 0 Å². The average molecular weight is 324 g/mol. The molecule has 2 rings (SSSR count). The Balaban J connectivity index is 0.000000422. The van der Waals surface area contributed by atoms with Crippen LogP contribution in [-0.2, 0) is 27.1 Å². The molecule has 22 heavy (non-hydrogen) atoms. The molecular formula is C15H17O6P. The van der Waals surface area contributed by atoms with Crippen LogP contribution >= 0.6 is 7.82 Å². The van der Waals surface area contributed by atoms with Crippen LogP contribution in [0.5, 0.6) is 0 Å². The summed E-state index contributed by atoms with van der Waals surface area (Å²) in [6.45, 7) is 0.340. The Morgan fingerprint density at radius 3 is 1.73 bits per heavy atom. The molecule has 0 unspecified atom stereocenters. The molecule has 0 aliphatic heterocycles. The van der Waals surface area contributed by atoms with Crippen molar-refractivity contribution in [1.29, 1.82) is 0 Å². The first kappa shape index (κ1) is 18.1. The van der Waals surface area contributed by atoms with Crippen LogP contribution in [0.4, 0.5) is 0 Å². The molecule has 0 saturated heterocycles. The summed E-state index contributed by atoms with van der Waals surface area (Å²) in [5.74, 6) is -0.194. The van der Waals surface area contributed by atoms with Crippen LogP contribution in [0, 0.1) is 0 Å². The Bertz CT molecular complexity index is 600. The smallest absolute Gasteiger partial charge is 0.461 e. The summed E-state index contributed by atoms with van der Waals surface area (Å²) in [7, 11) is -4.64. The molecule has 2 aromatic carbocycles. The molecule has 0 amide bonds. The van der Waals surface area contributed by atoms with Crippen LogP contribution in [-0.4, -0.2) is 20.6 Å². The van der Waals surface area contributed by atoms with E-state index < -0.39 is 7.82 Å². The molecule has 7 heteroatoms. The van der Waals surface area contributed by atoms with Crippen molar-refractivity contribution < 1.29 is 28.8 Å². The van der Waals surface area contributed by atoms with Gasteiger partial charge in [-0.15, -0.1) is 0 Å². The van der Waals surface area contributed by atoms with Crippen LogP contribution in [0.25, 0.3) is 0 Å². The number of benzene rings is 2. The van der Waals surface area contributed by atoms with Gasteiger partial charge in [0.1, 0.15) is 6.61 Å². The lowest BCUT2D eigenvalue weighted by Crippen LogP contribution is -2.07. The minimum Gasteiger partial charge on any atom is -0.461 e. The van der Waals surface area contributed by atoms with Crippen molar-refractivity contribution in [3.63, 3.8) is 0 Å². The van der Waals surface area contributed by atoms with E-state index in [1.807, 2.05) is 60.7 Å². The van der Waals surface area contributed by atoms with Gasteiger partial charge in [0.15, 0.2) is 0 Å². The van der Waals surface area contributed by atoms with Gasteiger partial charge in [0.25, 0.3) is 0 Å². The number of carbonyl (C=O) groups is 1. The molecule has 0 aliphatic rings. The zero-order valence-electron chi connectivity index (χ0n) is 11.7. The first-order valence-electron chi connectivity index (χ1n) is 6.36. The molecular weight excluding hydrogens is 307 g/mol. The van der Waals surface area contributed by atoms with Gasteiger partial charge in [-0.3, -0.25) is 4.79 Å². The molecule has 0 atom stereocenters. The van der Waals surface area contributed by atoms with Gasteiger partial charge in [0.2, 0.25) is 0 Å². The fraction of sp³-hybridized carbons (Fsp3) is 0.133. The van der Waals surface area contributed by atoms with Crippen molar-refractivity contribution in [2.24, 2.45) is 0 Å². The van der Waals surface area contributed by atoms with Gasteiger partial charge in [-0.25, -0.2) is 4.57 Å². The third-order valence-electron chi connectivity index (χ3n) is 2.43. The lowest BCUT2D eigenvalue weighted by Gasteiger charge is -2.04. The fourth-order valence-electron chi connectivity index (χ4n) is 1.55. The summed E-state index contributed by atoms with van der Waals surface area (Å²) >= 11 is 0. The predicted molar refractivity (Wildman–Crippen MR) is 80.6 cm³/mol. The van der Waals surface area contributed by atoms with E-state index >= 15 is 0 Å². The normalized spacial score (nSPS) is 10.3. The zero-order chi connectivity index (χ0) is 16.4. The maximum Gasteiger partial charge on any atom is 0.466 e. The lowest BCUT2D eigenvalue weighted by molar-refractivity contribution is -0.144. The average Bonchev–Trinajstić information content (AvgIpc) is 2.46. The highest BCUT2D eigenvalue weighted by Crippen LogP contribution is 2.25. The van der Waals surface area contributed by atoms with E-state index in [9.17, 15) is 4.79 Å². The van der Waals surface area contributed by atoms with E-state index in [0.29, 0.717) is 13.0 Å². The molecule has 0 saturated carbocycles. The second-order valence-corrected chi connectivity index (χ2v) is 5.35. The first-order chi connectivity index (χ1) is 10.3. The quantitative estimate of drug-likeness (QED) is 0.587. The van der Waals surface area contributed by atoms with Gasteiger partial charge in [-0.05, 0) is 11.1 Å². The number of hydrogen-bond acceptors (Lipinski definition) is 3. The van der Waals surface area contributed by atoms with E-state index in [2.05, 4.69) is 0 Å². The van der Waals surface area contributed by atoms with Crippen LogP contribution < -0.4 is 0 Å². The minimum atomic E-state index is -4.64. The van der Waals surface area contributed by atoms with E-state index in [0.717, 1.165) is 11.1 Å². The number of esters is 1. The van der Waals surface area contributed by atoms with E-state index in [1.54, 1.807) is 0 Å². The number of phosphoric acid groups is 1. The van der Waals surface area contributed by atoms with Gasteiger partial charge in [-0.1, -0.05) is 60.7 Å². The first-order valence-corrected chi connectivity index (χ1v) is 7.93. The van der Waals surface area contributed by atoms with Crippen molar-refractivity contribution in [3.05, 3.63) is 71.8 Å². The molecule has 0 aliphatic carbocycles. The summed E-state index contributed by atoms with van der Waals surface area (Å²) in [6.07, 6.45) is 0.327. The Hall–Kier alpha value is -1.98. The highest BCUT2D eigenvalue weighted by molar-refractivity contribution is 7.45. The maximum absolute atomic E-state index is 11.6. The van der Waals surface area contributed by atoms with Gasteiger partial charge < -0.3 is 19.4 Å². The number of rotatable bonds is 4. The van der Waals surface area contributed by atoms with E-state index in [1.165, 1.54) is 0 Å². The standard InChI is InChI=1S/C15H14O2.H3O4P/c16-15(11-13-7-3-1-4-8-13)17-12-14-9-5-2-6-10-14;1-5(2,3)4/h1-10H,11-12H2;(H3,1,2,3,4). The van der Waals surface area contributed by atoms with Crippen molar-refractivity contribution in [2.75, 3.05) is 0 Å². The molecule has 3 N–H and O–H groups in total. The van der Waals surface area contributed by atoms with Crippen molar-refractivity contribution in [1.82, 2.24) is 0 Å². The third-order valence-corrected chi connectivity index (χ3v) is 2.43. The molecule has 0 heterocycles. The lowest BCUT2D eigenvalue weighted by atomic mass is 10.1. The van der Waals surface area contributed by atoms with Crippen molar-refractivity contribution >= 4 is 13.8 Å². The Labute approximate surface area is 128 Å². The molecule has 0 aromatic heterocycles. The second kappa shape index (κ2) is 9.12. The summed E-state index contributed by atoms with van der Waals surface area (Å²) < 4.78 is 14.1. The summed E-state index contributed by atoms with van der Waals surface area (Å²) in [5, 5.41) is 0. The number of ether oxygens (including phenoxy) is 1. The van der Waals surface area contributed by atoms with Gasteiger partial charge in [0, 0.05) is 0 Å². The number of carbonyl (C=O) groups excluding carboxylic acids is 1. The molecule has 6 nitrogen and oxygen atoms in total. The van der Waals surface area contributed by atoms with Crippen LogP contribution in [0.3, 0.4) is 0 Å². The maximum atomic E-state index is 11.6. The topological polar surface area (TPSA) is 104 Å². The molecule has 0 bridgehead atoms. The van der Waals surface area contributed by atoms with Gasteiger partial charge in [0.05, 0.1) is 6.42 Å². The second-order valence-electron chi connectivity index (χ2n) is 4.32. The van der Waals surface area contributed by atoms with Crippen LogP contribution in [0.1, 0.15) is 11.1 Å². The molecule has 118 valence electrons. The summed E-state index contributed by atoms with van der Waals surface area (Å²) in [5.41, 5.74) is 1.99. The monoisotopic (exact) mass is 324 g/mol. The highest BCUT2D eigenvalue weighted by atomic mass is 31.2. The van der Waals surface area contributed by atoms with Gasteiger partial charge >= 0.3 is 13.8 Å². The Kier molecular flexibility index (Phi) is 7.49. The van der Waals surface area contributed by atoms with E-state index in [4.69, 9.17) is 24.0 Å². The van der Waals surface area contributed by atoms with Crippen molar-refractivity contribution in [2.45, 2.75) is 13.0 Å². The van der Waals surface area contributed by atoms with Crippen LogP contribution in [0.15, 0.2) is 60.7 Å². The molecule has 0 fully saturated rings. The van der Waals surface area contributed by atoms with Crippen molar-refractivity contribution in [3.8, 4) is 0 Å². The SMILES string of the molecule is O=C(Cc1ccccc1)OCc1ccccc1.O=P(O)(O)O. The highest BCUT2D eigenvalue weighted by Gasteiger charge is 2.04. The summed E-state index contributed by atoms with van der Waals surface area (Å²) in [4.78, 5) is 33.1. The zero-order valence-corrected chi connectivity index (χ0v) is 12.6. The summed E-state index contributed by atoms with van der Waals surface area (Å²) in [6, 6.07) is 19.3. The largest absolute Gasteiger partial charge is 0.466 e. The number of hydrogen-bond donors (Lipinski definition) is 3. The Morgan fingerprint density at radius 1 is 0.864 bits per heavy atom. The molecule has 0 spiro atoms. The molecule has 0 radical (unpaired) electrons. The predicted octanol–water partition coefficient (Wildman–Crippen LogP) is 2.04. The van der Waals surface area contributed by atoms with E-state index in [-0.39, 0.29) is 5.97 Å². The Morgan fingerprint density at radius 2 is 1.27 bits per heavy atom. The van der Waals surface area contributed by atoms with Crippen LogP contribution in [0.2, 0.25) is 0 Å². The fourth-order valence-corrected chi connectivity index (χ4v) is 1.55. The molecule has 2 aromatic rings. The third kappa shape index (κ3) is 9.85.